The van der Waals surface area contributed by atoms with Crippen molar-refractivity contribution in [3.63, 3.8) is 0 Å². The molecule has 140 valence electrons. The molecule has 2 rings (SSSR count). The number of carbonyl (C=O) groups is 1. The van der Waals surface area contributed by atoms with Crippen LogP contribution in [0.1, 0.15) is 31.9 Å². The van der Waals surface area contributed by atoms with E-state index in [0.29, 0.717) is 6.54 Å². The molecule has 0 bridgehead atoms. The number of rotatable bonds is 7. The predicted octanol–water partition coefficient (Wildman–Crippen LogP) is 4.25. The van der Waals surface area contributed by atoms with Gasteiger partial charge < -0.3 is 15.0 Å². The van der Waals surface area contributed by atoms with Crippen molar-refractivity contribution < 1.29 is 9.53 Å². The monoisotopic (exact) mass is 354 g/mol. The standard InChI is InChI=1S/C22H30N2O2/c1-22(2,3)26-21(25)24(4)20(15-18-11-7-5-8-12-18)17-23-16-19-13-9-6-10-14-19/h5-14,20,23H,15-17H2,1-4H3/t20-/m1/s1. The molecule has 0 aliphatic rings. The van der Waals surface area contributed by atoms with E-state index >= 15 is 0 Å². The van der Waals surface area contributed by atoms with Crippen LogP contribution in [0.2, 0.25) is 0 Å². The zero-order chi connectivity index (χ0) is 19.0. The summed E-state index contributed by atoms with van der Waals surface area (Å²) in [5, 5.41) is 3.47. The third-order valence-corrected chi connectivity index (χ3v) is 4.10. The zero-order valence-electron chi connectivity index (χ0n) is 16.2. The molecule has 2 aromatic rings. The maximum absolute atomic E-state index is 12.5. The molecule has 0 fully saturated rings. The Hall–Kier alpha value is -2.33. The minimum absolute atomic E-state index is 0.0102. The van der Waals surface area contributed by atoms with Crippen molar-refractivity contribution in [1.82, 2.24) is 10.2 Å². The lowest BCUT2D eigenvalue weighted by atomic mass is 10.0. The zero-order valence-corrected chi connectivity index (χ0v) is 16.2. The molecule has 1 atom stereocenters. The Bertz CT molecular complexity index is 666. The molecule has 0 saturated heterocycles. The molecule has 0 aliphatic carbocycles. The number of benzene rings is 2. The molecular formula is C22H30N2O2. The summed E-state index contributed by atoms with van der Waals surface area (Å²) in [5.41, 5.74) is 1.93. The summed E-state index contributed by atoms with van der Waals surface area (Å²) in [5.74, 6) is 0. The third kappa shape index (κ3) is 6.89. The highest BCUT2D eigenvalue weighted by atomic mass is 16.6. The van der Waals surface area contributed by atoms with Gasteiger partial charge in [-0.25, -0.2) is 4.79 Å². The SMILES string of the molecule is CN(C(=O)OC(C)(C)C)[C@@H](CNCc1ccccc1)Cc1ccccc1. The van der Waals surface area contributed by atoms with Crippen LogP contribution in [-0.2, 0) is 17.7 Å². The van der Waals surface area contributed by atoms with Crippen LogP contribution in [0, 0.1) is 0 Å². The number of ether oxygens (including phenoxy) is 1. The third-order valence-electron chi connectivity index (χ3n) is 4.10. The first kappa shape index (κ1) is 20.0. The first-order chi connectivity index (χ1) is 12.3. The second-order valence-corrected chi connectivity index (χ2v) is 7.55. The fourth-order valence-corrected chi connectivity index (χ4v) is 2.69. The highest BCUT2D eigenvalue weighted by molar-refractivity contribution is 5.68. The van der Waals surface area contributed by atoms with Gasteiger partial charge in [-0.3, -0.25) is 0 Å². The van der Waals surface area contributed by atoms with E-state index in [1.165, 1.54) is 11.1 Å². The summed E-state index contributed by atoms with van der Waals surface area (Å²) in [7, 11) is 1.81. The van der Waals surface area contributed by atoms with E-state index in [1.807, 2.05) is 64.2 Å². The number of hydrogen-bond acceptors (Lipinski definition) is 3. The second-order valence-electron chi connectivity index (χ2n) is 7.55. The highest BCUT2D eigenvalue weighted by Crippen LogP contribution is 2.13. The van der Waals surface area contributed by atoms with Crippen LogP contribution in [0.4, 0.5) is 4.79 Å². The first-order valence-corrected chi connectivity index (χ1v) is 9.09. The van der Waals surface area contributed by atoms with Crippen molar-refractivity contribution in [1.29, 1.82) is 0 Å². The number of nitrogens with one attached hydrogen (secondary N) is 1. The van der Waals surface area contributed by atoms with Crippen molar-refractivity contribution in [3.05, 3.63) is 71.8 Å². The first-order valence-electron chi connectivity index (χ1n) is 9.09. The predicted molar refractivity (Wildman–Crippen MR) is 106 cm³/mol. The van der Waals surface area contributed by atoms with E-state index in [2.05, 4.69) is 29.6 Å². The summed E-state index contributed by atoms with van der Waals surface area (Å²) >= 11 is 0. The number of carbonyl (C=O) groups excluding carboxylic acids is 1. The largest absolute Gasteiger partial charge is 0.444 e. The van der Waals surface area contributed by atoms with Crippen LogP contribution in [0.5, 0.6) is 0 Å². The van der Waals surface area contributed by atoms with Crippen molar-refractivity contribution >= 4 is 6.09 Å². The summed E-state index contributed by atoms with van der Waals surface area (Å²) in [6.07, 6.45) is 0.484. The Balaban J connectivity index is 2.01. The van der Waals surface area contributed by atoms with Crippen LogP contribution < -0.4 is 5.32 Å². The van der Waals surface area contributed by atoms with Gasteiger partial charge in [-0.1, -0.05) is 60.7 Å². The van der Waals surface area contributed by atoms with Crippen molar-refractivity contribution in [2.24, 2.45) is 0 Å². The number of nitrogens with zero attached hydrogens (tertiary/aromatic N) is 1. The minimum atomic E-state index is -0.500. The number of amides is 1. The Morgan fingerprint density at radius 1 is 1.00 bits per heavy atom. The van der Waals surface area contributed by atoms with Gasteiger partial charge in [-0.2, -0.15) is 0 Å². The van der Waals surface area contributed by atoms with E-state index < -0.39 is 5.60 Å². The molecule has 0 saturated carbocycles. The molecule has 4 heteroatoms. The highest BCUT2D eigenvalue weighted by Gasteiger charge is 2.25. The van der Waals surface area contributed by atoms with Gasteiger partial charge in [0.1, 0.15) is 5.60 Å². The van der Waals surface area contributed by atoms with E-state index in [9.17, 15) is 4.79 Å². The van der Waals surface area contributed by atoms with Gasteiger partial charge in [0.05, 0.1) is 6.04 Å². The molecule has 1 N–H and O–H groups in total. The van der Waals surface area contributed by atoms with Gasteiger partial charge in [0.2, 0.25) is 0 Å². The van der Waals surface area contributed by atoms with E-state index in [1.54, 1.807) is 4.90 Å². The average Bonchev–Trinajstić information content (AvgIpc) is 2.60. The molecule has 0 spiro atoms. The summed E-state index contributed by atoms with van der Waals surface area (Å²) in [6.45, 7) is 7.13. The molecule has 1 amide bonds. The maximum Gasteiger partial charge on any atom is 0.410 e. The minimum Gasteiger partial charge on any atom is -0.444 e. The van der Waals surface area contributed by atoms with E-state index in [-0.39, 0.29) is 12.1 Å². The van der Waals surface area contributed by atoms with Gasteiger partial charge in [-0.05, 0) is 38.3 Å². The lowest BCUT2D eigenvalue weighted by molar-refractivity contribution is 0.0221. The van der Waals surface area contributed by atoms with Crippen LogP contribution in [0.3, 0.4) is 0 Å². The lowest BCUT2D eigenvalue weighted by Gasteiger charge is -2.31. The van der Waals surface area contributed by atoms with Crippen molar-refractivity contribution in [3.8, 4) is 0 Å². The molecule has 0 unspecified atom stereocenters. The lowest BCUT2D eigenvalue weighted by Crippen LogP contribution is -2.46. The van der Waals surface area contributed by atoms with Crippen LogP contribution in [-0.4, -0.2) is 36.2 Å². The molecule has 4 nitrogen and oxygen atoms in total. The molecule has 2 aromatic carbocycles. The molecule has 26 heavy (non-hydrogen) atoms. The summed E-state index contributed by atoms with van der Waals surface area (Å²) in [6, 6.07) is 20.5. The van der Waals surface area contributed by atoms with Gasteiger partial charge in [0.25, 0.3) is 0 Å². The van der Waals surface area contributed by atoms with Gasteiger partial charge in [0.15, 0.2) is 0 Å². The summed E-state index contributed by atoms with van der Waals surface area (Å²) in [4.78, 5) is 14.2. The molecule has 0 aliphatic heterocycles. The van der Waals surface area contributed by atoms with Crippen LogP contribution in [0.25, 0.3) is 0 Å². The molecular weight excluding hydrogens is 324 g/mol. The summed E-state index contributed by atoms with van der Waals surface area (Å²) < 4.78 is 5.54. The van der Waals surface area contributed by atoms with Crippen molar-refractivity contribution in [2.45, 2.75) is 45.4 Å². The number of hydrogen-bond donors (Lipinski definition) is 1. The van der Waals surface area contributed by atoms with Gasteiger partial charge in [0, 0.05) is 20.1 Å². The Kier molecular flexibility index (Phi) is 7.22. The van der Waals surface area contributed by atoms with Crippen LogP contribution >= 0.6 is 0 Å². The Morgan fingerprint density at radius 2 is 1.54 bits per heavy atom. The smallest absolute Gasteiger partial charge is 0.410 e. The Labute approximate surface area is 157 Å². The van der Waals surface area contributed by atoms with Crippen molar-refractivity contribution in [2.75, 3.05) is 13.6 Å². The second kappa shape index (κ2) is 9.39. The molecule has 0 aromatic heterocycles. The fourth-order valence-electron chi connectivity index (χ4n) is 2.69. The number of likely N-dealkylation sites (N-methyl/N-ethyl adjacent to an activating group) is 1. The van der Waals surface area contributed by atoms with Gasteiger partial charge >= 0.3 is 6.09 Å². The fraction of sp³-hybridized carbons (Fsp3) is 0.409. The Morgan fingerprint density at radius 3 is 2.08 bits per heavy atom. The normalized spacial score (nSPS) is 12.5. The van der Waals surface area contributed by atoms with E-state index in [0.717, 1.165) is 13.0 Å². The maximum atomic E-state index is 12.5. The van der Waals surface area contributed by atoms with E-state index in [4.69, 9.17) is 4.74 Å². The molecule has 0 radical (unpaired) electrons. The quantitative estimate of drug-likeness (QED) is 0.808. The molecule has 0 heterocycles. The van der Waals surface area contributed by atoms with Crippen LogP contribution in [0.15, 0.2) is 60.7 Å². The topological polar surface area (TPSA) is 41.6 Å². The van der Waals surface area contributed by atoms with Gasteiger partial charge in [-0.15, -0.1) is 0 Å². The average molecular weight is 354 g/mol.